The molecule has 0 atom stereocenters. The van der Waals surface area contributed by atoms with E-state index >= 15 is 0 Å². The van der Waals surface area contributed by atoms with Crippen molar-refractivity contribution in [2.75, 3.05) is 5.32 Å². The van der Waals surface area contributed by atoms with E-state index in [0.29, 0.717) is 22.2 Å². The first-order chi connectivity index (χ1) is 13.5. The van der Waals surface area contributed by atoms with Crippen molar-refractivity contribution in [2.45, 2.75) is 13.5 Å². The summed E-state index contributed by atoms with van der Waals surface area (Å²) in [4.78, 5) is 24.9. The lowest BCUT2D eigenvalue weighted by atomic mass is 10.2. The summed E-state index contributed by atoms with van der Waals surface area (Å²) in [6.07, 6.45) is 1.59. The molecule has 4 rings (SSSR count). The Morgan fingerprint density at radius 1 is 1.21 bits per heavy atom. The van der Waals surface area contributed by atoms with Crippen LogP contribution in [-0.2, 0) is 0 Å². The number of carbonyl (C=O) groups excluding carboxylic acids is 1. The molecule has 0 fully saturated rings. The standard InChI is InChI=1S/C17H12F2N6O2S/c1-9-6-7-20-16-22-13(24-25(9)16)14(26)23-17-21-12(8-28-17)10-2-4-11(5-3-10)27-15(18)19/h2-8,15H,1H3,(H,21,23,26). The summed E-state index contributed by atoms with van der Waals surface area (Å²) in [7, 11) is 0. The van der Waals surface area contributed by atoms with E-state index in [2.05, 4.69) is 30.1 Å². The summed E-state index contributed by atoms with van der Waals surface area (Å²) < 4.78 is 30.2. The van der Waals surface area contributed by atoms with E-state index in [-0.39, 0.29) is 11.6 Å². The van der Waals surface area contributed by atoms with Crippen molar-refractivity contribution in [3.8, 4) is 17.0 Å². The summed E-state index contributed by atoms with van der Waals surface area (Å²) in [5, 5.41) is 8.88. The molecule has 1 amide bonds. The maximum atomic E-state index is 12.4. The number of amides is 1. The molecular weight excluding hydrogens is 390 g/mol. The highest BCUT2D eigenvalue weighted by Crippen LogP contribution is 2.27. The molecule has 0 spiro atoms. The molecule has 0 saturated carbocycles. The van der Waals surface area contributed by atoms with E-state index in [1.54, 1.807) is 29.8 Å². The first-order valence-corrected chi connectivity index (χ1v) is 8.88. The largest absolute Gasteiger partial charge is 0.435 e. The molecule has 0 radical (unpaired) electrons. The zero-order valence-corrected chi connectivity index (χ0v) is 15.2. The quantitative estimate of drug-likeness (QED) is 0.550. The molecule has 3 heterocycles. The Kier molecular flexibility index (Phi) is 4.65. The number of hydrogen-bond acceptors (Lipinski definition) is 7. The van der Waals surface area contributed by atoms with Gasteiger partial charge in [0.25, 0.3) is 11.7 Å². The number of halogens is 2. The predicted octanol–water partition coefficient (Wildman–Crippen LogP) is 3.41. The van der Waals surface area contributed by atoms with E-state index in [0.717, 1.165) is 5.69 Å². The van der Waals surface area contributed by atoms with Crippen LogP contribution in [0.25, 0.3) is 17.0 Å². The fraction of sp³-hybridized carbons (Fsp3) is 0.118. The van der Waals surface area contributed by atoms with Gasteiger partial charge in [0.05, 0.1) is 5.69 Å². The molecule has 1 N–H and O–H groups in total. The van der Waals surface area contributed by atoms with Crippen LogP contribution in [0.4, 0.5) is 13.9 Å². The normalized spacial score (nSPS) is 11.1. The lowest BCUT2D eigenvalue weighted by Crippen LogP contribution is -2.13. The third kappa shape index (κ3) is 3.64. The van der Waals surface area contributed by atoms with Gasteiger partial charge in [-0.2, -0.15) is 13.8 Å². The molecule has 0 aliphatic heterocycles. The second-order valence-electron chi connectivity index (χ2n) is 5.63. The topological polar surface area (TPSA) is 94.3 Å². The maximum absolute atomic E-state index is 12.4. The number of fused-ring (bicyclic) bond motifs is 1. The first kappa shape index (κ1) is 17.9. The van der Waals surface area contributed by atoms with Crippen LogP contribution in [0.3, 0.4) is 0 Å². The van der Waals surface area contributed by atoms with Crippen LogP contribution in [0, 0.1) is 6.92 Å². The zero-order chi connectivity index (χ0) is 19.7. The van der Waals surface area contributed by atoms with Crippen LogP contribution < -0.4 is 10.1 Å². The number of nitrogens with one attached hydrogen (secondary N) is 1. The molecule has 0 aliphatic carbocycles. The molecule has 4 aromatic rings. The Labute approximate surface area is 160 Å². The van der Waals surface area contributed by atoms with Crippen molar-refractivity contribution < 1.29 is 18.3 Å². The maximum Gasteiger partial charge on any atom is 0.387 e. The van der Waals surface area contributed by atoms with Gasteiger partial charge in [0.1, 0.15) is 5.75 Å². The smallest absolute Gasteiger partial charge is 0.387 e. The van der Waals surface area contributed by atoms with Gasteiger partial charge in [-0.25, -0.2) is 14.5 Å². The van der Waals surface area contributed by atoms with Gasteiger partial charge in [-0.1, -0.05) is 0 Å². The molecule has 0 bridgehead atoms. The number of thiazole rings is 1. The van der Waals surface area contributed by atoms with Crippen molar-refractivity contribution in [2.24, 2.45) is 0 Å². The number of anilines is 1. The monoisotopic (exact) mass is 402 g/mol. The Balaban J connectivity index is 1.49. The summed E-state index contributed by atoms with van der Waals surface area (Å²) in [6.45, 7) is -1.05. The number of ether oxygens (including phenoxy) is 1. The third-order valence-electron chi connectivity index (χ3n) is 3.73. The fourth-order valence-electron chi connectivity index (χ4n) is 2.43. The lowest BCUT2D eigenvalue weighted by molar-refractivity contribution is -0.0498. The molecular formula is C17H12F2N6O2S. The van der Waals surface area contributed by atoms with Gasteiger partial charge in [0.15, 0.2) is 5.13 Å². The van der Waals surface area contributed by atoms with E-state index in [1.165, 1.54) is 28.0 Å². The molecule has 0 saturated heterocycles. The van der Waals surface area contributed by atoms with Gasteiger partial charge >= 0.3 is 6.61 Å². The Bertz CT molecular complexity index is 1140. The van der Waals surface area contributed by atoms with Gasteiger partial charge in [0.2, 0.25) is 5.82 Å². The van der Waals surface area contributed by atoms with Crippen molar-refractivity contribution >= 4 is 28.2 Å². The number of nitrogens with zero attached hydrogens (tertiary/aromatic N) is 5. The van der Waals surface area contributed by atoms with Gasteiger partial charge in [-0.3, -0.25) is 10.1 Å². The molecule has 142 valence electrons. The van der Waals surface area contributed by atoms with Crippen LogP contribution in [0.5, 0.6) is 5.75 Å². The summed E-state index contributed by atoms with van der Waals surface area (Å²) in [6, 6.07) is 7.82. The number of alkyl halides is 2. The van der Waals surface area contributed by atoms with Crippen LogP contribution in [-0.4, -0.2) is 37.1 Å². The van der Waals surface area contributed by atoms with Crippen LogP contribution in [0.1, 0.15) is 16.3 Å². The second-order valence-corrected chi connectivity index (χ2v) is 6.49. The Morgan fingerprint density at radius 3 is 2.71 bits per heavy atom. The predicted molar refractivity (Wildman–Crippen MR) is 97.7 cm³/mol. The summed E-state index contributed by atoms with van der Waals surface area (Å²) in [5.74, 6) is -0.140. The third-order valence-corrected chi connectivity index (χ3v) is 4.49. The average Bonchev–Trinajstić information content (AvgIpc) is 3.30. The minimum Gasteiger partial charge on any atom is -0.435 e. The molecule has 28 heavy (non-hydrogen) atoms. The van der Waals surface area contributed by atoms with Crippen molar-refractivity contribution in [1.29, 1.82) is 0 Å². The van der Waals surface area contributed by atoms with E-state index in [9.17, 15) is 13.6 Å². The van der Waals surface area contributed by atoms with E-state index in [4.69, 9.17) is 0 Å². The number of aromatic nitrogens is 5. The SMILES string of the molecule is Cc1ccnc2nc(C(=O)Nc3nc(-c4ccc(OC(F)F)cc4)cs3)nn12. The molecule has 11 heteroatoms. The Morgan fingerprint density at radius 2 is 2.00 bits per heavy atom. The van der Waals surface area contributed by atoms with Crippen LogP contribution in [0.15, 0.2) is 41.9 Å². The minimum atomic E-state index is -2.88. The summed E-state index contributed by atoms with van der Waals surface area (Å²) >= 11 is 1.22. The lowest BCUT2D eigenvalue weighted by Gasteiger charge is -2.04. The van der Waals surface area contributed by atoms with E-state index in [1.807, 2.05) is 6.92 Å². The van der Waals surface area contributed by atoms with Gasteiger partial charge in [-0.05, 0) is 37.3 Å². The summed E-state index contributed by atoms with van der Waals surface area (Å²) in [5.41, 5.74) is 2.08. The number of rotatable bonds is 5. The highest BCUT2D eigenvalue weighted by atomic mass is 32.1. The Hall–Kier alpha value is -3.47. The number of carbonyl (C=O) groups is 1. The average molecular weight is 402 g/mol. The van der Waals surface area contributed by atoms with Gasteiger partial charge in [0, 0.05) is 22.8 Å². The van der Waals surface area contributed by atoms with Gasteiger partial charge in [-0.15, -0.1) is 16.4 Å². The minimum absolute atomic E-state index is 0.0212. The van der Waals surface area contributed by atoms with E-state index < -0.39 is 12.5 Å². The molecule has 0 unspecified atom stereocenters. The number of hydrogen-bond donors (Lipinski definition) is 1. The molecule has 0 aliphatic rings. The number of aryl methyl sites for hydroxylation is 1. The second kappa shape index (κ2) is 7.27. The first-order valence-electron chi connectivity index (χ1n) is 8.00. The highest BCUT2D eigenvalue weighted by Gasteiger charge is 2.16. The van der Waals surface area contributed by atoms with Crippen molar-refractivity contribution in [1.82, 2.24) is 24.6 Å². The van der Waals surface area contributed by atoms with Crippen LogP contribution >= 0.6 is 11.3 Å². The fourth-order valence-corrected chi connectivity index (χ4v) is 3.14. The highest BCUT2D eigenvalue weighted by molar-refractivity contribution is 7.14. The van der Waals surface area contributed by atoms with Crippen LogP contribution in [0.2, 0.25) is 0 Å². The van der Waals surface area contributed by atoms with Crippen molar-refractivity contribution in [3.63, 3.8) is 0 Å². The molecule has 3 aromatic heterocycles. The van der Waals surface area contributed by atoms with Crippen molar-refractivity contribution in [3.05, 3.63) is 53.4 Å². The molecule has 8 nitrogen and oxygen atoms in total. The molecule has 1 aromatic carbocycles. The van der Waals surface area contributed by atoms with Gasteiger partial charge < -0.3 is 4.74 Å². The number of benzene rings is 1. The zero-order valence-electron chi connectivity index (χ0n) is 14.3.